The molecule has 0 aliphatic heterocycles. The quantitative estimate of drug-likeness (QED) is 0.823. The van der Waals surface area contributed by atoms with Gasteiger partial charge in [-0.25, -0.2) is 0 Å². The van der Waals surface area contributed by atoms with E-state index in [1.165, 1.54) is 51.4 Å². The first-order valence-corrected chi connectivity index (χ1v) is 8.67. The Morgan fingerprint density at radius 2 is 1.70 bits per heavy atom. The van der Waals surface area contributed by atoms with Crippen molar-refractivity contribution >= 4 is 0 Å². The lowest BCUT2D eigenvalue weighted by Gasteiger charge is -2.33. The van der Waals surface area contributed by atoms with Crippen molar-refractivity contribution in [2.75, 3.05) is 0 Å². The highest BCUT2D eigenvalue weighted by molar-refractivity contribution is 5.20. The smallest absolute Gasteiger partial charge is 0.00978 e. The normalized spacial score (nSPS) is 34.2. The van der Waals surface area contributed by atoms with Crippen molar-refractivity contribution in [3.63, 3.8) is 0 Å². The number of benzene rings is 1. The largest absolute Gasteiger partial charge is 0.311 e. The maximum Gasteiger partial charge on any atom is 0.00978 e. The van der Waals surface area contributed by atoms with Crippen LogP contribution in [0.4, 0.5) is 0 Å². The first-order valence-electron chi connectivity index (χ1n) is 8.67. The Morgan fingerprint density at radius 3 is 2.40 bits per heavy atom. The van der Waals surface area contributed by atoms with E-state index in [1.54, 1.807) is 5.56 Å². The molecule has 0 bridgehead atoms. The van der Waals surface area contributed by atoms with Crippen LogP contribution in [0, 0.1) is 5.92 Å². The number of rotatable bonds is 4. The minimum Gasteiger partial charge on any atom is -0.311 e. The molecule has 2 fully saturated rings. The lowest BCUT2D eigenvalue weighted by molar-refractivity contribution is 0.282. The molecule has 2 saturated carbocycles. The van der Waals surface area contributed by atoms with Crippen molar-refractivity contribution in [2.24, 2.45) is 5.92 Å². The zero-order valence-corrected chi connectivity index (χ0v) is 12.9. The highest BCUT2D eigenvalue weighted by atomic mass is 15.0. The zero-order valence-electron chi connectivity index (χ0n) is 12.9. The summed E-state index contributed by atoms with van der Waals surface area (Å²) in [4.78, 5) is 0. The molecule has 2 atom stereocenters. The van der Waals surface area contributed by atoms with E-state index >= 15 is 0 Å². The maximum absolute atomic E-state index is 3.99. The van der Waals surface area contributed by atoms with Crippen LogP contribution in [0.3, 0.4) is 0 Å². The Hall–Kier alpha value is -0.820. The van der Waals surface area contributed by atoms with Gasteiger partial charge in [0.2, 0.25) is 0 Å². The minimum absolute atomic E-state index is 0.784. The third kappa shape index (κ3) is 3.25. The molecule has 2 unspecified atom stereocenters. The summed E-state index contributed by atoms with van der Waals surface area (Å²) in [5.41, 5.74) is 1.55. The van der Waals surface area contributed by atoms with Crippen LogP contribution in [0.15, 0.2) is 30.3 Å². The third-order valence-electron chi connectivity index (χ3n) is 5.63. The standard InChI is InChI=1S/C19H29N/c1-2-15-9-6-10-19(15)20-18-13-11-17(12-14-18)16-7-4-3-5-8-16/h3-5,7-8,15,17-20H,2,6,9-14H2,1H3. The Bertz CT molecular complexity index is 391. The summed E-state index contributed by atoms with van der Waals surface area (Å²) in [6.45, 7) is 2.36. The first kappa shape index (κ1) is 14.1. The van der Waals surface area contributed by atoms with Gasteiger partial charge in [-0.3, -0.25) is 0 Å². The van der Waals surface area contributed by atoms with Gasteiger partial charge in [0.1, 0.15) is 0 Å². The van der Waals surface area contributed by atoms with Crippen LogP contribution >= 0.6 is 0 Å². The van der Waals surface area contributed by atoms with Gasteiger partial charge in [0.25, 0.3) is 0 Å². The molecule has 110 valence electrons. The molecule has 0 aromatic heterocycles. The molecule has 1 aromatic rings. The van der Waals surface area contributed by atoms with E-state index in [1.807, 2.05) is 0 Å². The van der Waals surface area contributed by atoms with Crippen LogP contribution in [0.25, 0.3) is 0 Å². The van der Waals surface area contributed by atoms with Crippen molar-refractivity contribution in [3.05, 3.63) is 35.9 Å². The Kier molecular flexibility index (Phi) is 4.77. The summed E-state index contributed by atoms with van der Waals surface area (Å²) in [7, 11) is 0. The first-order chi connectivity index (χ1) is 9.86. The van der Waals surface area contributed by atoms with Gasteiger partial charge >= 0.3 is 0 Å². The van der Waals surface area contributed by atoms with Crippen LogP contribution in [-0.2, 0) is 0 Å². The molecule has 1 aromatic carbocycles. The van der Waals surface area contributed by atoms with E-state index in [0.717, 1.165) is 23.9 Å². The van der Waals surface area contributed by atoms with Gasteiger partial charge in [-0.15, -0.1) is 0 Å². The molecule has 1 N–H and O–H groups in total. The fraction of sp³-hybridized carbons (Fsp3) is 0.684. The fourth-order valence-corrected chi connectivity index (χ4v) is 4.37. The lowest BCUT2D eigenvalue weighted by Crippen LogP contribution is -2.42. The maximum atomic E-state index is 3.99. The monoisotopic (exact) mass is 271 g/mol. The van der Waals surface area contributed by atoms with Gasteiger partial charge in [0.15, 0.2) is 0 Å². The molecule has 2 aliphatic rings. The van der Waals surface area contributed by atoms with E-state index in [2.05, 4.69) is 42.6 Å². The van der Waals surface area contributed by atoms with Gasteiger partial charge < -0.3 is 5.32 Å². The number of nitrogens with one attached hydrogen (secondary N) is 1. The van der Waals surface area contributed by atoms with E-state index < -0.39 is 0 Å². The number of hydrogen-bond acceptors (Lipinski definition) is 1. The summed E-state index contributed by atoms with van der Waals surface area (Å²) < 4.78 is 0. The highest BCUT2D eigenvalue weighted by Gasteiger charge is 2.29. The highest BCUT2D eigenvalue weighted by Crippen LogP contribution is 2.35. The van der Waals surface area contributed by atoms with Crippen LogP contribution in [0.2, 0.25) is 0 Å². The second-order valence-electron chi connectivity index (χ2n) is 6.83. The number of hydrogen-bond donors (Lipinski definition) is 1. The van der Waals surface area contributed by atoms with E-state index in [0.29, 0.717) is 0 Å². The predicted octanol–water partition coefficient (Wildman–Crippen LogP) is 4.88. The average molecular weight is 271 g/mol. The van der Waals surface area contributed by atoms with Crippen molar-refractivity contribution in [2.45, 2.75) is 76.3 Å². The van der Waals surface area contributed by atoms with Gasteiger partial charge in [-0.2, -0.15) is 0 Å². The van der Waals surface area contributed by atoms with E-state index in [9.17, 15) is 0 Å². The lowest BCUT2D eigenvalue weighted by atomic mass is 9.81. The molecule has 1 nitrogen and oxygen atoms in total. The molecule has 0 amide bonds. The van der Waals surface area contributed by atoms with Gasteiger partial charge in [0, 0.05) is 12.1 Å². The van der Waals surface area contributed by atoms with Crippen molar-refractivity contribution in [1.29, 1.82) is 0 Å². The molecule has 0 saturated heterocycles. The Morgan fingerprint density at radius 1 is 0.950 bits per heavy atom. The molecule has 1 heteroatoms. The molecule has 0 radical (unpaired) electrons. The Balaban J connectivity index is 1.49. The summed E-state index contributed by atoms with van der Waals surface area (Å²) in [5.74, 6) is 1.75. The molecule has 3 rings (SSSR count). The van der Waals surface area contributed by atoms with Crippen molar-refractivity contribution < 1.29 is 0 Å². The predicted molar refractivity (Wildman–Crippen MR) is 86.0 cm³/mol. The molecule has 20 heavy (non-hydrogen) atoms. The third-order valence-corrected chi connectivity index (χ3v) is 5.63. The second kappa shape index (κ2) is 6.76. The van der Waals surface area contributed by atoms with E-state index in [4.69, 9.17) is 0 Å². The summed E-state index contributed by atoms with van der Waals surface area (Å²) >= 11 is 0. The van der Waals surface area contributed by atoms with Crippen molar-refractivity contribution in [1.82, 2.24) is 5.32 Å². The molecule has 0 spiro atoms. The summed E-state index contributed by atoms with van der Waals surface area (Å²) in [6.07, 6.45) is 11.1. The fourth-order valence-electron chi connectivity index (χ4n) is 4.37. The van der Waals surface area contributed by atoms with Crippen LogP contribution in [0.5, 0.6) is 0 Å². The van der Waals surface area contributed by atoms with Crippen LogP contribution < -0.4 is 5.32 Å². The minimum atomic E-state index is 0.784. The van der Waals surface area contributed by atoms with Gasteiger partial charge in [-0.05, 0) is 55.9 Å². The average Bonchev–Trinajstić information content (AvgIpc) is 2.96. The second-order valence-corrected chi connectivity index (χ2v) is 6.83. The molecular formula is C19H29N. The molecule has 2 aliphatic carbocycles. The molecule has 0 heterocycles. The van der Waals surface area contributed by atoms with Crippen LogP contribution in [0.1, 0.15) is 69.8 Å². The Labute approximate surface area is 124 Å². The van der Waals surface area contributed by atoms with Gasteiger partial charge in [0.05, 0.1) is 0 Å². The van der Waals surface area contributed by atoms with Crippen molar-refractivity contribution in [3.8, 4) is 0 Å². The molecular weight excluding hydrogens is 242 g/mol. The topological polar surface area (TPSA) is 12.0 Å². The van der Waals surface area contributed by atoms with Crippen LogP contribution in [-0.4, -0.2) is 12.1 Å². The van der Waals surface area contributed by atoms with E-state index in [-0.39, 0.29) is 0 Å². The summed E-state index contributed by atoms with van der Waals surface area (Å²) in [6, 6.07) is 12.7. The SMILES string of the molecule is CCC1CCCC1NC1CCC(c2ccccc2)CC1. The van der Waals surface area contributed by atoms with Gasteiger partial charge in [-0.1, -0.05) is 50.1 Å². The zero-order chi connectivity index (χ0) is 13.8. The summed E-state index contributed by atoms with van der Waals surface area (Å²) in [5, 5.41) is 3.99.